The number of fused-ring (bicyclic) bond motifs is 3. The van der Waals surface area contributed by atoms with Crippen molar-refractivity contribution in [1.82, 2.24) is 14.8 Å². The van der Waals surface area contributed by atoms with Crippen molar-refractivity contribution in [2.24, 2.45) is 5.92 Å². The molecule has 41 heavy (non-hydrogen) atoms. The summed E-state index contributed by atoms with van der Waals surface area (Å²) >= 11 is 0. The number of carbonyl (C=O) groups is 1. The Kier molecular flexibility index (Phi) is 7.94. The van der Waals surface area contributed by atoms with Crippen LogP contribution in [0.1, 0.15) is 64.8 Å². The first kappa shape index (κ1) is 27.3. The van der Waals surface area contributed by atoms with Crippen LogP contribution in [0.4, 0.5) is 0 Å². The van der Waals surface area contributed by atoms with Crippen LogP contribution in [0.3, 0.4) is 0 Å². The number of aromatic carboxylic acids is 1. The molecule has 1 aliphatic heterocycles. The van der Waals surface area contributed by atoms with E-state index < -0.39 is 5.97 Å². The van der Waals surface area contributed by atoms with E-state index in [1.165, 1.54) is 5.56 Å². The molecule has 3 heterocycles. The number of aromatic amines is 1. The number of aryl methyl sites for hydroxylation is 2. The third kappa shape index (κ3) is 5.29. The number of benzene rings is 2. The van der Waals surface area contributed by atoms with Gasteiger partial charge in [-0.1, -0.05) is 49.4 Å². The summed E-state index contributed by atoms with van der Waals surface area (Å²) in [6.45, 7) is 4.68. The Labute approximate surface area is 239 Å². The number of methoxy groups -OCH3 is 1. The summed E-state index contributed by atoms with van der Waals surface area (Å²) in [5.41, 5.74) is 8.17. The van der Waals surface area contributed by atoms with E-state index in [4.69, 9.17) is 14.2 Å². The van der Waals surface area contributed by atoms with Crippen LogP contribution in [0, 0.1) is 5.92 Å². The van der Waals surface area contributed by atoms with Crippen LogP contribution in [0.25, 0.3) is 27.8 Å². The molecular weight excluding hydrogens is 518 g/mol. The Morgan fingerprint density at radius 3 is 2.88 bits per heavy atom. The summed E-state index contributed by atoms with van der Waals surface area (Å²) in [5, 5.41) is 19.1. The SMILES string of the molecule is COCc1n[nH]c2c1-c1cccc3c(CCCOC4=CC(C)Cc5ccccc54)c(C(=O)O)n(c13)CCCCOC2. The summed E-state index contributed by atoms with van der Waals surface area (Å²) in [5.74, 6) is 0.441. The van der Waals surface area contributed by atoms with E-state index in [9.17, 15) is 9.90 Å². The van der Waals surface area contributed by atoms with Gasteiger partial charge in [0.1, 0.15) is 11.5 Å². The number of hydrogen-bond donors (Lipinski definition) is 2. The number of rotatable bonds is 8. The molecule has 2 aromatic heterocycles. The van der Waals surface area contributed by atoms with Crippen molar-refractivity contribution in [2.45, 2.75) is 58.8 Å². The van der Waals surface area contributed by atoms with Crippen molar-refractivity contribution in [3.8, 4) is 11.1 Å². The molecule has 2 N–H and O–H groups in total. The van der Waals surface area contributed by atoms with E-state index in [1.807, 2.05) is 22.8 Å². The van der Waals surface area contributed by atoms with Gasteiger partial charge in [-0.05, 0) is 55.2 Å². The third-order valence-corrected chi connectivity index (χ3v) is 8.11. The second-order valence-electron chi connectivity index (χ2n) is 11.0. The molecule has 1 aliphatic carbocycles. The lowest BCUT2D eigenvalue weighted by Gasteiger charge is -2.22. The van der Waals surface area contributed by atoms with Crippen LogP contribution >= 0.6 is 0 Å². The lowest BCUT2D eigenvalue weighted by atomic mass is 9.89. The Hall–Kier alpha value is -3.88. The minimum Gasteiger partial charge on any atom is -0.493 e. The number of carboxylic acids is 1. The predicted octanol–water partition coefficient (Wildman–Crippen LogP) is 6.37. The zero-order valence-electron chi connectivity index (χ0n) is 23.7. The normalized spacial score (nSPS) is 16.9. The van der Waals surface area contributed by atoms with Crippen LogP contribution < -0.4 is 0 Å². The highest BCUT2D eigenvalue weighted by molar-refractivity contribution is 6.04. The van der Waals surface area contributed by atoms with Crippen LogP contribution in [0.15, 0.2) is 48.5 Å². The van der Waals surface area contributed by atoms with Crippen LogP contribution in [-0.4, -0.2) is 46.2 Å². The first-order valence-electron chi connectivity index (χ1n) is 14.5. The number of aromatic nitrogens is 3. The van der Waals surface area contributed by atoms with E-state index in [0.29, 0.717) is 57.4 Å². The molecule has 2 aliphatic rings. The van der Waals surface area contributed by atoms with Crippen LogP contribution in [0.5, 0.6) is 0 Å². The van der Waals surface area contributed by atoms with Gasteiger partial charge in [0, 0.05) is 42.3 Å². The standard InChI is InChI=1S/C33H37N3O5/c1-21-17-22-9-3-4-10-23(22)29(18-21)41-16-8-13-25-24-11-7-12-26-30-27(19-39-2)34-35-28(30)20-40-15-6-5-14-36(31(24)26)32(25)33(37)38/h3-4,7,9-12,18,21H,5-6,8,13-17,19-20H2,1-2H3,(H,34,35)(H,37,38). The zero-order valence-corrected chi connectivity index (χ0v) is 23.7. The highest BCUT2D eigenvalue weighted by Crippen LogP contribution is 2.39. The summed E-state index contributed by atoms with van der Waals surface area (Å²) < 4.78 is 19.7. The third-order valence-electron chi connectivity index (χ3n) is 8.11. The maximum atomic E-state index is 12.8. The molecule has 4 aromatic rings. The highest BCUT2D eigenvalue weighted by atomic mass is 16.5. The number of nitrogens with one attached hydrogen (secondary N) is 1. The van der Waals surface area contributed by atoms with E-state index >= 15 is 0 Å². The molecule has 1 atom stereocenters. The number of nitrogens with zero attached hydrogens (tertiary/aromatic N) is 2. The highest BCUT2D eigenvalue weighted by Gasteiger charge is 2.27. The van der Waals surface area contributed by atoms with Crippen molar-refractivity contribution >= 4 is 22.6 Å². The lowest BCUT2D eigenvalue weighted by Crippen LogP contribution is -2.12. The van der Waals surface area contributed by atoms with Gasteiger partial charge in [-0.2, -0.15) is 5.10 Å². The maximum Gasteiger partial charge on any atom is 0.352 e. The average molecular weight is 556 g/mol. The summed E-state index contributed by atoms with van der Waals surface area (Å²) in [6.07, 6.45) is 6.19. The molecule has 0 saturated carbocycles. The van der Waals surface area contributed by atoms with Crippen molar-refractivity contribution in [1.29, 1.82) is 0 Å². The first-order chi connectivity index (χ1) is 20.1. The van der Waals surface area contributed by atoms with Gasteiger partial charge >= 0.3 is 5.97 Å². The fourth-order valence-corrected chi connectivity index (χ4v) is 6.39. The molecule has 8 nitrogen and oxygen atoms in total. The molecule has 0 bridgehead atoms. The first-order valence-corrected chi connectivity index (χ1v) is 14.5. The fraction of sp³-hybridized carbons (Fsp3) is 0.394. The minimum absolute atomic E-state index is 0.344. The van der Waals surface area contributed by atoms with Gasteiger partial charge in [0.15, 0.2) is 0 Å². The van der Waals surface area contributed by atoms with Crippen molar-refractivity contribution in [2.75, 3.05) is 20.3 Å². The molecule has 0 saturated heterocycles. The van der Waals surface area contributed by atoms with E-state index in [-0.39, 0.29) is 0 Å². The molecule has 214 valence electrons. The number of allylic oxidation sites excluding steroid dienone is 1. The second kappa shape index (κ2) is 11.9. The van der Waals surface area contributed by atoms with Crippen molar-refractivity contribution in [3.63, 3.8) is 0 Å². The summed E-state index contributed by atoms with van der Waals surface area (Å²) in [6, 6.07) is 14.5. The molecule has 0 radical (unpaired) electrons. The van der Waals surface area contributed by atoms with Gasteiger partial charge in [-0.25, -0.2) is 4.79 Å². The van der Waals surface area contributed by atoms with Gasteiger partial charge in [0.2, 0.25) is 0 Å². The van der Waals surface area contributed by atoms with Crippen LogP contribution in [0.2, 0.25) is 0 Å². The van der Waals surface area contributed by atoms with E-state index in [1.54, 1.807) is 7.11 Å². The van der Waals surface area contributed by atoms with Gasteiger partial charge in [-0.15, -0.1) is 0 Å². The maximum absolute atomic E-state index is 12.8. The fourth-order valence-electron chi connectivity index (χ4n) is 6.39. The number of H-pyrrole nitrogens is 1. The van der Waals surface area contributed by atoms with Gasteiger partial charge in [-0.3, -0.25) is 5.10 Å². The molecule has 8 heteroatoms. The Morgan fingerprint density at radius 2 is 2.02 bits per heavy atom. The monoisotopic (exact) mass is 555 g/mol. The van der Waals surface area contributed by atoms with Gasteiger partial charge < -0.3 is 23.9 Å². The van der Waals surface area contributed by atoms with E-state index in [0.717, 1.165) is 69.6 Å². The topological polar surface area (TPSA) is 98.6 Å². The number of ether oxygens (including phenoxy) is 3. The minimum atomic E-state index is -0.906. The molecule has 1 unspecified atom stereocenters. The number of hydrogen-bond acceptors (Lipinski definition) is 5. The Bertz CT molecular complexity index is 1600. The largest absolute Gasteiger partial charge is 0.493 e. The van der Waals surface area contributed by atoms with Crippen molar-refractivity contribution in [3.05, 3.63) is 82.3 Å². The molecule has 0 fully saturated rings. The Morgan fingerprint density at radius 1 is 1.17 bits per heavy atom. The average Bonchev–Trinajstić information content (AvgIpc) is 3.50. The Balaban J connectivity index is 1.36. The second-order valence-corrected chi connectivity index (χ2v) is 11.0. The number of para-hydroxylation sites is 1. The zero-order chi connectivity index (χ0) is 28.3. The summed E-state index contributed by atoms with van der Waals surface area (Å²) in [7, 11) is 1.65. The lowest BCUT2D eigenvalue weighted by molar-refractivity contribution is 0.0683. The number of carboxylic acid groups (broad SMARTS) is 1. The predicted molar refractivity (Wildman–Crippen MR) is 158 cm³/mol. The summed E-state index contributed by atoms with van der Waals surface area (Å²) in [4.78, 5) is 12.8. The molecule has 0 spiro atoms. The van der Waals surface area contributed by atoms with Gasteiger partial charge in [0.25, 0.3) is 0 Å². The quantitative estimate of drug-likeness (QED) is 0.245. The van der Waals surface area contributed by atoms with E-state index in [2.05, 4.69) is 47.5 Å². The molecule has 0 amide bonds. The van der Waals surface area contributed by atoms with Crippen LogP contribution in [-0.2, 0) is 46.8 Å². The van der Waals surface area contributed by atoms with Gasteiger partial charge in [0.05, 0.1) is 36.7 Å². The van der Waals surface area contributed by atoms with Crippen molar-refractivity contribution < 1.29 is 24.1 Å². The molecule has 6 rings (SSSR count). The smallest absolute Gasteiger partial charge is 0.352 e. The molecule has 2 aromatic carbocycles. The molecular formula is C33H37N3O5.